The van der Waals surface area contributed by atoms with Crippen LogP contribution in [-0.2, 0) is 4.74 Å². The van der Waals surface area contributed by atoms with Gasteiger partial charge in [-0.1, -0.05) is 33.1 Å². The van der Waals surface area contributed by atoms with Gasteiger partial charge in [0.05, 0.1) is 12.2 Å². The van der Waals surface area contributed by atoms with Crippen LogP contribution in [0.25, 0.3) is 0 Å². The molecule has 19 heavy (non-hydrogen) atoms. The molecule has 0 radical (unpaired) electrons. The maximum atomic E-state index is 6.38. The van der Waals surface area contributed by atoms with Crippen LogP contribution in [0.5, 0.6) is 0 Å². The van der Waals surface area contributed by atoms with Gasteiger partial charge in [0.2, 0.25) is 0 Å². The molecule has 0 heterocycles. The van der Waals surface area contributed by atoms with E-state index in [0.717, 1.165) is 25.1 Å². The zero-order valence-corrected chi connectivity index (χ0v) is 13.0. The maximum Gasteiger partial charge on any atom is 0.0694 e. The van der Waals surface area contributed by atoms with Crippen LogP contribution in [0.2, 0.25) is 0 Å². The lowest BCUT2D eigenvalue weighted by Crippen LogP contribution is -2.43. The maximum absolute atomic E-state index is 6.38. The first-order valence-electron chi connectivity index (χ1n) is 8.65. The van der Waals surface area contributed by atoms with Crippen molar-refractivity contribution in [3.63, 3.8) is 0 Å². The van der Waals surface area contributed by atoms with Crippen molar-refractivity contribution in [1.29, 1.82) is 0 Å². The second-order valence-electron chi connectivity index (χ2n) is 6.74. The number of ether oxygens (including phenoxy) is 1. The number of hydrogen-bond acceptors (Lipinski definition) is 2. The molecule has 0 bridgehead atoms. The molecule has 1 N–H and O–H groups in total. The van der Waals surface area contributed by atoms with E-state index < -0.39 is 0 Å². The first kappa shape index (κ1) is 15.3. The molecule has 0 aromatic heterocycles. The molecule has 2 fully saturated rings. The van der Waals surface area contributed by atoms with Crippen molar-refractivity contribution in [2.45, 2.75) is 89.7 Å². The van der Waals surface area contributed by atoms with Crippen LogP contribution in [0, 0.1) is 5.92 Å². The Kier molecular flexibility index (Phi) is 6.15. The van der Waals surface area contributed by atoms with Gasteiger partial charge in [0.25, 0.3) is 0 Å². The Morgan fingerprint density at radius 1 is 1.26 bits per heavy atom. The highest BCUT2D eigenvalue weighted by atomic mass is 16.5. The van der Waals surface area contributed by atoms with Gasteiger partial charge in [-0.05, 0) is 57.4 Å². The van der Waals surface area contributed by atoms with Crippen LogP contribution < -0.4 is 5.32 Å². The van der Waals surface area contributed by atoms with Crippen molar-refractivity contribution in [1.82, 2.24) is 5.32 Å². The van der Waals surface area contributed by atoms with E-state index in [0.29, 0.717) is 0 Å². The van der Waals surface area contributed by atoms with Crippen molar-refractivity contribution < 1.29 is 4.74 Å². The lowest BCUT2D eigenvalue weighted by atomic mass is 9.77. The van der Waals surface area contributed by atoms with E-state index >= 15 is 0 Å². The molecule has 2 aliphatic rings. The molecule has 2 nitrogen and oxygen atoms in total. The van der Waals surface area contributed by atoms with Crippen LogP contribution in [-0.4, -0.2) is 24.8 Å². The van der Waals surface area contributed by atoms with Crippen LogP contribution in [0.1, 0.15) is 78.1 Å². The summed E-state index contributed by atoms with van der Waals surface area (Å²) in [5, 5.41) is 3.64. The Bertz CT molecular complexity index is 246. The summed E-state index contributed by atoms with van der Waals surface area (Å²) in [5.74, 6) is 0.786. The van der Waals surface area contributed by atoms with Crippen molar-refractivity contribution in [2.75, 3.05) is 13.2 Å². The number of nitrogens with one attached hydrogen (secondary N) is 1. The summed E-state index contributed by atoms with van der Waals surface area (Å²) in [6.07, 6.45) is 13.3. The van der Waals surface area contributed by atoms with Crippen LogP contribution >= 0.6 is 0 Å². The summed E-state index contributed by atoms with van der Waals surface area (Å²) >= 11 is 0. The fraction of sp³-hybridized carbons (Fsp3) is 1.00. The van der Waals surface area contributed by atoms with Gasteiger partial charge < -0.3 is 10.1 Å². The second-order valence-corrected chi connectivity index (χ2v) is 6.74. The zero-order chi connectivity index (χ0) is 13.6. The first-order chi connectivity index (χ1) is 9.28. The third-order valence-corrected chi connectivity index (χ3v) is 5.02. The molecule has 2 saturated carbocycles. The average Bonchev–Trinajstić information content (AvgIpc) is 3.19. The molecule has 0 aliphatic heterocycles. The van der Waals surface area contributed by atoms with E-state index in [4.69, 9.17) is 4.74 Å². The SMILES string of the molecule is CCCCC(CC)COC1(CCNC2CC2)CCC1. The van der Waals surface area contributed by atoms with Gasteiger partial charge in [0.15, 0.2) is 0 Å². The van der Waals surface area contributed by atoms with Crippen molar-refractivity contribution in [3.05, 3.63) is 0 Å². The summed E-state index contributed by atoms with van der Waals surface area (Å²) in [6.45, 7) is 6.76. The largest absolute Gasteiger partial charge is 0.375 e. The predicted octanol–water partition coefficient (Wildman–Crippen LogP) is 4.28. The van der Waals surface area contributed by atoms with Gasteiger partial charge in [-0.3, -0.25) is 0 Å². The smallest absolute Gasteiger partial charge is 0.0694 e. The van der Waals surface area contributed by atoms with Gasteiger partial charge in [-0.2, -0.15) is 0 Å². The highest BCUT2D eigenvalue weighted by Crippen LogP contribution is 2.39. The summed E-state index contributed by atoms with van der Waals surface area (Å²) in [5.41, 5.74) is 0.252. The van der Waals surface area contributed by atoms with Gasteiger partial charge >= 0.3 is 0 Å². The van der Waals surface area contributed by atoms with Crippen LogP contribution in [0.3, 0.4) is 0 Å². The first-order valence-corrected chi connectivity index (χ1v) is 8.65. The molecular weight excluding hydrogens is 234 g/mol. The third-order valence-electron chi connectivity index (χ3n) is 5.02. The molecule has 1 atom stereocenters. The highest BCUT2D eigenvalue weighted by molar-refractivity contribution is 4.92. The number of unbranched alkanes of at least 4 members (excludes halogenated alkanes) is 1. The van der Waals surface area contributed by atoms with E-state index in [1.807, 2.05) is 0 Å². The molecule has 0 aromatic carbocycles. The minimum Gasteiger partial charge on any atom is -0.375 e. The molecule has 2 rings (SSSR count). The molecule has 0 amide bonds. The van der Waals surface area contributed by atoms with Crippen LogP contribution in [0.15, 0.2) is 0 Å². The molecule has 1 unspecified atom stereocenters. The summed E-state index contributed by atoms with van der Waals surface area (Å²) in [6, 6.07) is 0.838. The Morgan fingerprint density at radius 3 is 2.58 bits per heavy atom. The van der Waals surface area contributed by atoms with E-state index in [1.54, 1.807) is 0 Å². The monoisotopic (exact) mass is 267 g/mol. The molecule has 0 saturated heterocycles. The average molecular weight is 267 g/mol. The third kappa shape index (κ3) is 5.07. The number of hydrogen-bond donors (Lipinski definition) is 1. The van der Waals surface area contributed by atoms with Gasteiger partial charge in [0, 0.05) is 6.04 Å². The van der Waals surface area contributed by atoms with Crippen LogP contribution in [0.4, 0.5) is 0 Å². The Balaban J connectivity index is 1.64. The van der Waals surface area contributed by atoms with Crippen molar-refractivity contribution >= 4 is 0 Å². The lowest BCUT2D eigenvalue weighted by molar-refractivity contribution is -0.116. The van der Waals surface area contributed by atoms with Crippen molar-refractivity contribution in [3.8, 4) is 0 Å². The fourth-order valence-corrected chi connectivity index (χ4v) is 3.02. The van der Waals surface area contributed by atoms with Gasteiger partial charge in [0.1, 0.15) is 0 Å². The number of rotatable bonds is 11. The molecular formula is C17H33NO. The summed E-state index contributed by atoms with van der Waals surface area (Å²) in [7, 11) is 0. The summed E-state index contributed by atoms with van der Waals surface area (Å²) in [4.78, 5) is 0. The summed E-state index contributed by atoms with van der Waals surface area (Å²) < 4.78 is 6.38. The van der Waals surface area contributed by atoms with E-state index in [9.17, 15) is 0 Å². The van der Waals surface area contributed by atoms with Gasteiger partial charge in [-0.15, -0.1) is 0 Å². The molecule has 0 aromatic rings. The molecule has 2 aliphatic carbocycles. The predicted molar refractivity (Wildman–Crippen MR) is 81.5 cm³/mol. The topological polar surface area (TPSA) is 21.3 Å². The van der Waals surface area contributed by atoms with Crippen molar-refractivity contribution in [2.24, 2.45) is 5.92 Å². The quantitative estimate of drug-likeness (QED) is 0.603. The highest BCUT2D eigenvalue weighted by Gasteiger charge is 2.38. The normalized spacial score (nSPS) is 23.1. The second kappa shape index (κ2) is 7.64. The Hall–Kier alpha value is -0.0800. The standard InChI is InChI=1S/C17H33NO/c1-3-5-7-15(4-2)14-19-17(10-6-11-17)12-13-18-16-8-9-16/h15-16,18H,3-14H2,1-2H3. The lowest BCUT2D eigenvalue weighted by Gasteiger charge is -2.43. The Labute approximate surface area is 119 Å². The Morgan fingerprint density at radius 2 is 2.05 bits per heavy atom. The van der Waals surface area contributed by atoms with E-state index in [2.05, 4.69) is 19.2 Å². The molecule has 0 spiro atoms. The van der Waals surface area contributed by atoms with Gasteiger partial charge in [-0.25, -0.2) is 0 Å². The minimum absolute atomic E-state index is 0.252. The molecule has 2 heteroatoms. The zero-order valence-electron chi connectivity index (χ0n) is 13.0. The fourth-order valence-electron chi connectivity index (χ4n) is 3.02. The minimum atomic E-state index is 0.252. The molecule has 112 valence electrons. The van der Waals surface area contributed by atoms with E-state index in [-0.39, 0.29) is 5.60 Å². The van der Waals surface area contributed by atoms with E-state index in [1.165, 1.54) is 64.2 Å².